The standard InChI is InChI=1S/C7H4BClF5.K/c9-5-3-1-2-4(8(12,13)14)6(5)7(10)11;/h1-3,7H;/q-1;+1. The minimum absolute atomic E-state index is 0. The SMILES string of the molecule is FC(F)c1c(Cl)cccc1[B-](F)(F)F.[K+]. The predicted molar refractivity (Wildman–Crippen MR) is 45.1 cm³/mol. The average Bonchev–Trinajstić information content (AvgIpc) is 2.01. The maximum absolute atomic E-state index is 12.3. The second kappa shape index (κ2) is 5.97. The molecular weight excluding hydrogens is 264 g/mol. The maximum Gasteiger partial charge on any atom is 1.00 e. The van der Waals surface area contributed by atoms with Crippen LogP contribution in [0.15, 0.2) is 18.2 Å². The van der Waals surface area contributed by atoms with Gasteiger partial charge in [0.2, 0.25) is 0 Å². The van der Waals surface area contributed by atoms with E-state index in [1.165, 1.54) is 0 Å². The Bertz CT molecular complexity index is 341. The van der Waals surface area contributed by atoms with Gasteiger partial charge >= 0.3 is 58.4 Å². The van der Waals surface area contributed by atoms with Gasteiger partial charge in [-0.05, 0) is 6.07 Å². The molecule has 0 radical (unpaired) electrons. The zero-order chi connectivity index (χ0) is 10.9. The second-order valence-electron chi connectivity index (χ2n) is 2.62. The summed E-state index contributed by atoms with van der Waals surface area (Å²) in [7, 11) is 0. The van der Waals surface area contributed by atoms with E-state index in [0.717, 1.165) is 12.1 Å². The first kappa shape index (κ1) is 15.9. The van der Waals surface area contributed by atoms with E-state index in [1.54, 1.807) is 0 Å². The molecule has 0 saturated carbocycles. The van der Waals surface area contributed by atoms with Gasteiger partial charge in [0, 0.05) is 10.6 Å². The zero-order valence-electron chi connectivity index (χ0n) is 7.65. The molecule has 0 spiro atoms. The summed E-state index contributed by atoms with van der Waals surface area (Å²) in [4.78, 5) is 0. The molecule has 0 N–H and O–H groups in total. The van der Waals surface area contributed by atoms with Crippen LogP contribution >= 0.6 is 11.6 Å². The molecule has 8 heteroatoms. The van der Waals surface area contributed by atoms with Gasteiger partial charge in [0.1, 0.15) is 0 Å². The summed E-state index contributed by atoms with van der Waals surface area (Å²) in [6.45, 7) is -5.45. The van der Waals surface area contributed by atoms with E-state index in [4.69, 9.17) is 11.6 Å². The van der Waals surface area contributed by atoms with E-state index >= 15 is 0 Å². The van der Waals surface area contributed by atoms with Crippen LogP contribution in [0.3, 0.4) is 0 Å². The van der Waals surface area contributed by atoms with Gasteiger partial charge in [0.25, 0.3) is 6.43 Å². The summed E-state index contributed by atoms with van der Waals surface area (Å²) < 4.78 is 61.3. The molecule has 0 fully saturated rings. The van der Waals surface area contributed by atoms with E-state index < -0.39 is 29.5 Å². The van der Waals surface area contributed by atoms with Crippen LogP contribution in [0.5, 0.6) is 0 Å². The number of alkyl halides is 2. The third-order valence-electron chi connectivity index (χ3n) is 1.66. The molecular formula is C7H4BClF5K. The maximum atomic E-state index is 12.3. The van der Waals surface area contributed by atoms with Crippen molar-refractivity contribution in [2.24, 2.45) is 0 Å². The quantitative estimate of drug-likeness (QED) is 0.536. The van der Waals surface area contributed by atoms with E-state index in [2.05, 4.69) is 0 Å². The number of hydrogen-bond acceptors (Lipinski definition) is 0. The van der Waals surface area contributed by atoms with Crippen molar-refractivity contribution >= 4 is 24.0 Å². The molecule has 0 aromatic heterocycles. The summed E-state index contributed by atoms with van der Waals surface area (Å²) in [5.41, 5.74) is -2.46. The molecule has 15 heavy (non-hydrogen) atoms. The van der Waals surface area contributed by atoms with Crippen LogP contribution in [-0.2, 0) is 0 Å². The van der Waals surface area contributed by atoms with Crippen molar-refractivity contribution in [1.82, 2.24) is 0 Å². The van der Waals surface area contributed by atoms with Gasteiger partial charge in [0.05, 0.1) is 0 Å². The molecule has 1 rings (SSSR count). The first-order valence-corrected chi connectivity index (χ1v) is 3.98. The zero-order valence-corrected chi connectivity index (χ0v) is 11.5. The molecule has 1 aromatic rings. The molecule has 0 bridgehead atoms. The number of halogens is 6. The van der Waals surface area contributed by atoms with Crippen molar-refractivity contribution in [2.75, 3.05) is 0 Å². The topological polar surface area (TPSA) is 0 Å². The predicted octanol–water partition coefficient (Wildman–Crippen LogP) is 0.336. The van der Waals surface area contributed by atoms with Gasteiger partial charge < -0.3 is 12.9 Å². The van der Waals surface area contributed by atoms with Crippen LogP contribution in [0.2, 0.25) is 5.02 Å². The van der Waals surface area contributed by atoms with Crippen LogP contribution in [0.1, 0.15) is 12.0 Å². The number of rotatable bonds is 2. The first-order valence-electron chi connectivity index (χ1n) is 3.60. The molecule has 0 amide bonds. The van der Waals surface area contributed by atoms with Crippen molar-refractivity contribution in [3.05, 3.63) is 28.8 Å². The number of hydrogen-bond donors (Lipinski definition) is 0. The Hall–Kier alpha value is 0.861. The molecule has 0 aliphatic rings. The third-order valence-corrected chi connectivity index (χ3v) is 1.99. The monoisotopic (exact) mass is 268 g/mol. The summed E-state index contributed by atoms with van der Waals surface area (Å²) in [6.07, 6.45) is -3.22. The summed E-state index contributed by atoms with van der Waals surface area (Å²) in [6, 6.07) is 2.61. The molecule has 0 saturated heterocycles. The van der Waals surface area contributed by atoms with Crippen molar-refractivity contribution < 1.29 is 73.1 Å². The average molecular weight is 268 g/mol. The van der Waals surface area contributed by atoms with Crippen molar-refractivity contribution in [2.45, 2.75) is 6.43 Å². The van der Waals surface area contributed by atoms with Crippen LogP contribution in [0.4, 0.5) is 21.7 Å². The summed E-state index contributed by atoms with van der Waals surface area (Å²) >= 11 is 5.26. The second-order valence-corrected chi connectivity index (χ2v) is 3.03. The normalized spacial score (nSPS) is 11.4. The molecule has 0 atom stereocenters. The Morgan fingerprint density at radius 2 is 1.67 bits per heavy atom. The van der Waals surface area contributed by atoms with Gasteiger partial charge in [-0.15, -0.1) is 0 Å². The minimum atomic E-state index is -5.45. The van der Waals surface area contributed by atoms with Gasteiger partial charge in [-0.1, -0.05) is 29.2 Å². The van der Waals surface area contributed by atoms with Crippen molar-refractivity contribution in [1.29, 1.82) is 0 Å². The molecule has 0 unspecified atom stereocenters. The fourth-order valence-electron chi connectivity index (χ4n) is 1.07. The van der Waals surface area contributed by atoms with Crippen molar-refractivity contribution in [3.63, 3.8) is 0 Å². The van der Waals surface area contributed by atoms with E-state index in [0.29, 0.717) is 6.07 Å². The van der Waals surface area contributed by atoms with E-state index in [-0.39, 0.29) is 51.4 Å². The summed E-state index contributed by atoms with van der Waals surface area (Å²) in [5, 5.41) is -0.559. The van der Waals surface area contributed by atoms with Crippen LogP contribution in [0, 0.1) is 0 Å². The van der Waals surface area contributed by atoms with Crippen molar-refractivity contribution in [3.8, 4) is 0 Å². The molecule has 1 aromatic carbocycles. The molecule has 0 nitrogen and oxygen atoms in total. The van der Waals surface area contributed by atoms with E-state index in [9.17, 15) is 21.7 Å². The van der Waals surface area contributed by atoms with Gasteiger partial charge in [-0.2, -0.15) is 0 Å². The Balaban J connectivity index is 0.00000196. The van der Waals surface area contributed by atoms with Crippen LogP contribution in [-0.4, -0.2) is 6.98 Å². The third kappa shape index (κ3) is 3.98. The first-order chi connectivity index (χ1) is 6.34. The van der Waals surface area contributed by atoms with Gasteiger partial charge in [-0.25, -0.2) is 8.78 Å². The molecule has 78 valence electrons. The fraction of sp³-hybridized carbons (Fsp3) is 0.143. The van der Waals surface area contributed by atoms with Crippen LogP contribution in [0.25, 0.3) is 0 Å². The smallest absolute Gasteiger partial charge is 0.445 e. The minimum Gasteiger partial charge on any atom is -0.445 e. The largest absolute Gasteiger partial charge is 1.00 e. The number of benzene rings is 1. The Morgan fingerprint density at radius 1 is 1.13 bits per heavy atom. The Labute approximate surface area is 131 Å². The van der Waals surface area contributed by atoms with E-state index in [1.807, 2.05) is 0 Å². The van der Waals surface area contributed by atoms with Gasteiger partial charge in [0.15, 0.2) is 0 Å². The molecule has 0 heterocycles. The molecule has 0 aliphatic carbocycles. The Morgan fingerprint density at radius 3 is 2.00 bits per heavy atom. The Kier molecular flexibility index (Phi) is 6.32. The molecule has 0 aliphatic heterocycles. The van der Waals surface area contributed by atoms with Gasteiger partial charge in [-0.3, -0.25) is 0 Å². The fourth-order valence-corrected chi connectivity index (χ4v) is 1.33. The van der Waals surface area contributed by atoms with Crippen LogP contribution < -0.4 is 56.8 Å². The summed E-state index contributed by atoms with van der Waals surface area (Å²) in [5.74, 6) is 0.